The van der Waals surface area contributed by atoms with Gasteiger partial charge in [-0.15, -0.1) is 0 Å². The lowest BCUT2D eigenvalue weighted by Gasteiger charge is -2.11. The van der Waals surface area contributed by atoms with Gasteiger partial charge in [0, 0.05) is 31.1 Å². The molecule has 0 fully saturated rings. The molecule has 4 rings (SSSR count). The lowest BCUT2D eigenvalue weighted by atomic mass is 10.1. The summed E-state index contributed by atoms with van der Waals surface area (Å²) < 4.78 is 14.1. The van der Waals surface area contributed by atoms with Crippen LogP contribution in [0, 0.1) is 13.8 Å². The van der Waals surface area contributed by atoms with Crippen LogP contribution in [-0.2, 0) is 0 Å². The van der Waals surface area contributed by atoms with Crippen molar-refractivity contribution in [2.75, 3.05) is 13.2 Å². The van der Waals surface area contributed by atoms with Gasteiger partial charge >= 0.3 is 0 Å². The average molecular weight is 616 g/mol. The van der Waals surface area contributed by atoms with Gasteiger partial charge in [0.15, 0.2) is 0 Å². The molecule has 0 atom stereocenters. The maximum absolute atomic E-state index is 6.06. The first kappa shape index (κ1) is 26.7. The standard InChI is InChI=1S/C28H32Br2N4O2/c1-19-23-13-21(29)15-25(27(23)33-17-31-19)35-11-9-7-5-3-4-6-8-10-12-36-26-16-22(30)14-24-20(2)32-18-34-28(24)26/h13-18H,3-12H2,1-2H3. The second-order valence-corrected chi connectivity index (χ2v) is 10.9. The van der Waals surface area contributed by atoms with E-state index in [1.165, 1.54) is 38.5 Å². The summed E-state index contributed by atoms with van der Waals surface area (Å²) >= 11 is 7.13. The minimum atomic E-state index is 0.709. The zero-order chi connectivity index (χ0) is 25.3. The van der Waals surface area contributed by atoms with Gasteiger partial charge in [0.05, 0.1) is 13.2 Å². The van der Waals surface area contributed by atoms with Crippen molar-refractivity contribution in [1.29, 1.82) is 0 Å². The quantitative estimate of drug-likeness (QED) is 0.141. The smallest absolute Gasteiger partial charge is 0.146 e. The van der Waals surface area contributed by atoms with E-state index in [9.17, 15) is 0 Å². The van der Waals surface area contributed by atoms with E-state index in [1.807, 2.05) is 38.1 Å². The van der Waals surface area contributed by atoms with E-state index < -0.39 is 0 Å². The SMILES string of the molecule is Cc1ncnc2c(OCCCCCCCCCCOc3cc(Br)cc4c(C)ncnc34)cc(Br)cc12. The first-order valence-corrected chi connectivity index (χ1v) is 14.2. The fraction of sp³-hybridized carbons (Fsp3) is 0.429. The van der Waals surface area contributed by atoms with Crippen LogP contribution in [0.25, 0.3) is 21.8 Å². The van der Waals surface area contributed by atoms with Crippen LogP contribution in [0.4, 0.5) is 0 Å². The summed E-state index contributed by atoms with van der Waals surface area (Å²) in [5.74, 6) is 1.65. The number of hydrogen-bond acceptors (Lipinski definition) is 6. The predicted molar refractivity (Wildman–Crippen MR) is 152 cm³/mol. The van der Waals surface area contributed by atoms with Crippen molar-refractivity contribution in [1.82, 2.24) is 19.9 Å². The van der Waals surface area contributed by atoms with E-state index >= 15 is 0 Å². The third kappa shape index (κ3) is 7.13. The van der Waals surface area contributed by atoms with Crippen molar-refractivity contribution >= 4 is 53.7 Å². The van der Waals surface area contributed by atoms with Crippen LogP contribution in [-0.4, -0.2) is 33.1 Å². The monoisotopic (exact) mass is 614 g/mol. The Bertz CT molecular complexity index is 1210. The molecule has 0 bridgehead atoms. The maximum Gasteiger partial charge on any atom is 0.146 e. The number of benzene rings is 2. The van der Waals surface area contributed by atoms with Crippen molar-refractivity contribution < 1.29 is 9.47 Å². The molecule has 0 aliphatic rings. The highest BCUT2D eigenvalue weighted by Crippen LogP contribution is 2.31. The first-order chi connectivity index (χ1) is 17.5. The summed E-state index contributed by atoms with van der Waals surface area (Å²) in [5.41, 5.74) is 3.69. The zero-order valence-electron chi connectivity index (χ0n) is 20.9. The summed E-state index contributed by atoms with van der Waals surface area (Å²) in [6.07, 6.45) is 12.7. The van der Waals surface area contributed by atoms with Gasteiger partial charge in [0.2, 0.25) is 0 Å². The molecule has 4 aromatic rings. The normalized spacial score (nSPS) is 11.3. The summed E-state index contributed by atoms with van der Waals surface area (Å²) in [6, 6.07) is 8.07. The zero-order valence-corrected chi connectivity index (χ0v) is 24.1. The van der Waals surface area contributed by atoms with Gasteiger partial charge < -0.3 is 9.47 Å². The third-order valence-electron chi connectivity index (χ3n) is 6.29. The molecule has 0 amide bonds. The first-order valence-electron chi connectivity index (χ1n) is 12.6. The van der Waals surface area contributed by atoms with Gasteiger partial charge in [-0.05, 0) is 51.0 Å². The van der Waals surface area contributed by atoms with E-state index in [1.54, 1.807) is 12.7 Å². The highest BCUT2D eigenvalue weighted by molar-refractivity contribution is 9.10. The molecule has 0 saturated carbocycles. The Hall–Kier alpha value is -2.32. The molecule has 0 saturated heterocycles. The fourth-order valence-electron chi connectivity index (χ4n) is 4.30. The molecule has 0 unspecified atom stereocenters. The van der Waals surface area contributed by atoms with E-state index in [-0.39, 0.29) is 0 Å². The number of halogens is 2. The van der Waals surface area contributed by atoms with Gasteiger partial charge in [-0.1, -0.05) is 70.4 Å². The Balaban J connectivity index is 1.07. The van der Waals surface area contributed by atoms with Gasteiger partial charge in [0.25, 0.3) is 0 Å². The largest absolute Gasteiger partial charge is 0.491 e. The molecule has 0 aliphatic carbocycles. The van der Waals surface area contributed by atoms with Crippen molar-refractivity contribution in [3.8, 4) is 11.5 Å². The lowest BCUT2D eigenvalue weighted by molar-refractivity contribution is 0.303. The Morgan fingerprint density at radius 2 is 0.944 bits per heavy atom. The number of nitrogens with zero attached hydrogens (tertiary/aromatic N) is 4. The molecule has 2 heterocycles. The Morgan fingerprint density at radius 1 is 0.556 bits per heavy atom. The highest BCUT2D eigenvalue weighted by atomic mass is 79.9. The summed E-state index contributed by atoms with van der Waals surface area (Å²) in [4.78, 5) is 17.4. The minimum absolute atomic E-state index is 0.709. The van der Waals surface area contributed by atoms with Crippen molar-refractivity contribution in [3.63, 3.8) is 0 Å². The molecular formula is C28H32Br2N4O2. The Kier molecular flexibility index (Phi) is 9.87. The summed E-state index contributed by atoms with van der Waals surface area (Å²) in [6.45, 7) is 5.41. The van der Waals surface area contributed by atoms with E-state index in [0.29, 0.717) is 13.2 Å². The molecule has 8 heteroatoms. The van der Waals surface area contributed by atoms with Crippen LogP contribution in [0.3, 0.4) is 0 Å². The molecule has 6 nitrogen and oxygen atoms in total. The van der Waals surface area contributed by atoms with Crippen molar-refractivity contribution in [2.24, 2.45) is 0 Å². The van der Waals surface area contributed by atoms with Gasteiger partial charge in [-0.25, -0.2) is 19.9 Å². The Labute approximate surface area is 229 Å². The van der Waals surface area contributed by atoms with Crippen LogP contribution in [0.2, 0.25) is 0 Å². The summed E-state index contributed by atoms with van der Waals surface area (Å²) in [7, 11) is 0. The van der Waals surface area contributed by atoms with Gasteiger partial charge in [-0.2, -0.15) is 0 Å². The second kappa shape index (κ2) is 13.3. The molecular weight excluding hydrogens is 584 g/mol. The van der Waals surface area contributed by atoms with Crippen molar-refractivity contribution in [3.05, 3.63) is 57.3 Å². The van der Waals surface area contributed by atoms with Crippen LogP contribution in [0.5, 0.6) is 11.5 Å². The molecule has 2 aromatic heterocycles. The fourth-order valence-corrected chi connectivity index (χ4v) is 5.17. The Morgan fingerprint density at radius 3 is 1.36 bits per heavy atom. The van der Waals surface area contributed by atoms with Gasteiger partial charge in [0.1, 0.15) is 35.2 Å². The molecule has 36 heavy (non-hydrogen) atoms. The number of ether oxygens (including phenoxy) is 2. The van der Waals surface area contributed by atoms with Crippen LogP contribution >= 0.6 is 31.9 Å². The van der Waals surface area contributed by atoms with Crippen molar-refractivity contribution in [2.45, 2.75) is 65.2 Å². The highest BCUT2D eigenvalue weighted by Gasteiger charge is 2.10. The number of fused-ring (bicyclic) bond motifs is 2. The van der Waals surface area contributed by atoms with Crippen LogP contribution < -0.4 is 9.47 Å². The lowest BCUT2D eigenvalue weighted by Crippen LogP contribution is -2.00. The molecule has 0 N–H and O–H groups in total. The number of aromatic nitrogens is 4. The second-order valence-electron chi connectivity index (χ2n) is 9.04. The van der Waals surface area contributed by atoms with E-state index in [0.717, 1.165) is 66.5 Å². The molecule has 2 aromatic carbocycles. The predicted octanol–water partition coefficient (Wildman–Crippen LogP) is 8.29. The summed E-state index contributed by atoms with van der Waals surface area (Å²) in [5, 5.41) is 2.06. The van der Waals surface area contributed by atoms with Crippen LogP contribution in [0.15, 0.2) is 45.9 Å². The molecule has 0 radical (unpaired) electrons. The van der Waals surface area contributed by atoms with Gasteiger partial charge in [-0.3, -0.25) is 0 Å². The van der Waals surface area contributed by atoms with Crippen LogP contribution in [0.1, 0.15) is 62.8 Å². The molecule has 0 aliphatic heterocycles. The minimum Gasteiger partial charge on any atom is -0.491 e. The van der Waals surface area contributed by atoms with E-state index in [4.69, 9.17) is 9.47 Å². The number of rotatable bonds is 13. The number of hydrogen-bond donors (Lipinski definition) is 0. The number of unbranched alkanes of at least 4 members (excludes halogenated alkanes) is 7. The van der Waals surface area contributed by atoms with E-state index in [2.05, 4.69) is 51.8 Å². The topological polar surface area (TPSA) is 70.0 Å². The average Bonchev–Trinajstić information content (AvgIpc) is 2.85. The number of aryl methyl sites for hydroxylation is 2. The molecule has 0 spiro atoms. The third-order valence-corrected chi connectivity index (χ3v) is 7.20. The maximum atomic E-state index is 6.06. The molecule has 190 valence electrons.